The summed E-state index contributed by atoms with van der Waals surface area (Å²) < 4.78 is 0. The number of hydrogen-bond acceptors (Lipinski definition) is 3. The normalized spacial score (nSPS) is 19.4. The predicted octanol–water partition coefficient (Wildman–Crippen LogP) is 1.77. The monoisotopic (exact) mass is 159 g/mol. The SMILES string of the molecule is CC(CCC1CC1)O[N+](=O)[O-]. The Kier molecular flexibility index (Phi) is 2.68. The molecule has 4 nitrogen and oxygen atoms in total. The molecule has 0 aromatic carbocycles. The Labute approximate surface area is 65.6 Å². The third kappa shape index (κ3) is 3.80. The van der Waals surface area contributed by atoms with E-state index in [2.05, 4.69) is 4.84 Å². The molecule has 0 spiro atoms. The van der Waals surface area contributed by atoms with Crippen LogP contribution in [0.2, 0.25) is 0 Å². The summed E-state index contributed by atoms with van der Waals surface area (Å²) >= 11 is 0. The molecule has 0 bridgehead atoms. The topological polar surface area (TPSA) is 52.4 Å². The van der Waals surface area contributed by atoms with Gasteiger partial charge in [-0.15, -0.1) is 10.1 Å². The first-order valence-electron chi connectivity index (χ1n) is 3.99. The van der Waals surface area contributed by atoms with Crippen molar-refractivity contribution in [1.82, 2.24) is 0 Å². The summed E-state index contributed by atoms with van der Waals surface area (Å²) in [4.78, 5) is 14.2. The van der Waals surface area contributed by atoms with Gasteiger partial charge in [0, 0.05) is 0 Å². The van der Waals surface area contributed by atoms with Crippen molar-refractivity contribution in [3.8, 4) is 0 Å². The van der Waals surface area contributed by atoms with Gasteiger partial charge in [-0.1, -0.05) is 12.8 Å². The lowest BCUT2D eigenvalue weighted by atomic mass is 10.1. The molecule has 1 aliphatic rings. The summed E-state index contributed by atoms with van der Waals surface area (Å²) in [5, 5.41) is 9.14. The summed E-state index contributed by atoms with van der Waals surface area (Å²) in [6.45, 7) is 1.74. The molecule has 4 heteroatoms. The zero-order valence-electron chi connectivity index (χ0n) is 6.66. The van der Waals surface area contributed by atoms with Crippen LogP contribution in [-0.4, -0.2) is 11.2 Å². The smallest absolute Gasteiger partial charge is 0.294 e. The lowest BCUT2D eigenvalue weighted by Gasteiger charge is -2.07. The van der Waals surface area contributed by atoms with Gasteiger partial charge in [0.15, 0.2) is 0 Å². The van der Waals surface area contributed by atoms with E-state index < -0.39 is 5.09 Å². The fraction of sp³-hybridized carbons (Fsp3) is 1.00. The second kappa shape index (κ2) is 3.55. The van der Waals surface area contributed by atoms with E-state index in [0.717, 1.165) is 18.8 Å². The van der Waals surface area contributed by atoms with E-state index in [0.29, 0.717) is 0 Å². The van der Waals surface area contributed by atoms with E-state index in [9.17, 15) is 10.1 Å². The molecule has 1 unspecified atom stereocenters. The molecule has 64 valence electrons. The highest BCUT2D eigenvalue weighted by molar-refractivity contribution is 4.73. The lowest BCUT2D eigenvalue weighted by Crippen LogP contribution is -2.13. The quantitative estimate of drug-likeness (QED) is 0.453. The van der Waals surface area contributed by atoms with E-state index in [1.165, 1.54) is 12.8 Å². The Morgan fingerprint density at radius 2 is 2.36 bits per heavy atom. The van der Waals surface area contributed by atoms with Crippen LogP contribution in [-0.2, 0) is 4.84 Å². The molecule has 0 amide bonds. The van der Waals surface area contributed by atoms with E-state index in [-0.39, 0.29) is 6.10 Å². The van der Waals surface area contributed by atoms with Crippen molar-refractivity contribution in [2.45, 2.75) is 38.7 Å². The van der Waals surface area contributed by atoms with Gasteiger partial charge in [-0.25, -0.2) is 0 Å². The fourth-order valence-corrected chi connectivity index (χ4v) is 1.08. The van der Waals surface area contributed by atoms with E-state index in [1.807, 2.05) is 0 Å². The van der Waals surface area contributed by atoms with Gasteiger partial charge < -0.3 is 4.84 Å². The van der Waals surface area contributed by atoms with Crippen molar-refractivity contribution < 1.29 is 9.92 Å². The molecule has 0 aromatic heterocycles. The van der Waals surface area contributed by atoms with Crippen molar-refractivity contribution in [1.29, 1.82) is 0 Å². The molecule has 1 atom stereocenters. The van der Waals surface area contributed by atoms with Crippen LogP contribution in [0, 0.1) is 16.0 Å². The number of rotatable bonds is 5. The van der Waals surface area contributed by atoms with Gasteiger partial charge in [0.2, 0.25) is 0 Å². The molecule has 1 fully saturated rings. The van der Waals surface area contributed by atoms with Crippen LogP contribution in [0.25, 0.3) is 0 Å². The average molecular weight is 159 g/mol. The minimum absolute atomic E-state index is 0.231. The van der Waals surface area contributed by atoms with Crippen LogP contribution in [0.15, 0.2) is 0 Å². The maximum Gasteiger partial charge on any atom is 0.294 e. The molecule has 0 aromatic rings. The molecular weight excluding hydrogens is 146 g/mol. The highest BCUT2D eigenvalue weighted by atomic mass is 17.0. The summed E-state index contributed by atoms with van der Waals surface area (Å²) in [6.07, 6.45) is 4.25. The molecule has 11 heavy (non-hydrogen) atoms. The Morgan fingerprint density at radius 1 is 1.73 bits per heavy atom. The van der Waals surface area contributed by atoms with Crippen LogP contribution in [0.5, 0.6) is 0 Å². The minimum atomic E-state index is -0.711. The average Bonchev–Trinajstić information content (AvgIpc) is 2.63. The third-order valence-electron chi connectivity index (χ3n) is 1.94. The molecule has 0 saturated heterocycles. The Bertz CT molecular complexity index is 145. The molecule has 0 heterocycles. The van der Waals surface area contributed by atoms with Crippen molar-refractivity contribution in [2.24, 2.45) is 5.92 Å². The zero-order valence-corrected chi connectivity index (χ0v) is 6.66. The fourth-order valence-electron chi connectivity index (χ4n) is 1.08. The standard InChI is InChI=1S/C7H13NO3/c1-6(11-8(9)10)2-3-7-4-5-7/h6-7H,2-5H2,1H3. The van der Waals surface area contributed by atoms with Crippen molar-refractivity contribution in [3.63, 3.8) is 0 Å². The molecule has 1 rings (SSSR count). The third-order valence-corrected chi connectivity index (χ3v) is 1.94. The zero-order chi connectivity index (χ0) is 8.27. The summed E-state index contributed by atoms with van der Waals surface area (Å²) in [7, 11) is 0. The summed E-state index contributed by atoms with van der Waals surface area (Å²) in [6, 6.07) is 0. The molecule has 0 aliphatic heterocycles. The molecular formula is C7H13NO3. The molecule has 0 radical (unpaired) electrons. The second-order valence-electron chi connectivity index (χ2n) is 3.16. The van der Waals surface area contributed by atoms with Gasteiger partial charge in [-0.3, -0.25) is 0 Å². The van der Waals surface area contributed by atoms with Crippen LogP contribution in [0.4, 0.5) is 0 Å². The van der Waals surface area contributed by atoms with E-state index >= 15 is 0 Å². The second-order valence-corrected chi connectivity index (χ2v) is 3.16. The van der Waals surface area contributed by atoms with Gasteiger partial charge in [0.25, 0.3) is 5.09 Å². The molecule has 0 N–H and O–H groups in total. The van der Waals surface area contributed by atoms with Crippen molar-refractivity contribution in [3.05, 3.63) is 10.1 Å². The van der Waals surface area contributed by atoms with Gasteiger partial charge in [-0.2, -0.15) is 0 Å². The van der Waals surface area contributed by atoms with Crippen molar-refractivity contribution in [2.75, 3.05) is 0 Å². The molecule has 1 saturated carbocycles. The van der Waals surface area contributed by atoms with Crippen molar-refractivity contribution >= 4 is 0 Å². The largest absolute Gasteiger partial charge is 0.311 e. The van der Waals surface area contributed by atoms with Gasteiger partial charge in [0.05, 0.1) is 0 Å². The van der Waals surface area contributed by atoms with Crippen LogP contribution in [0.1, 0.15) is 32.6 Å². The van der Waals surface area contributed by atoms with E-state index in [4.69, 9.17) is 0 Å². The predicted molar refractivity (Wildman–Crippen MR) is 39.5 cm³/mol. The van der Waals surface area contributed by atoms with Gasteiger partial charge in [0.1, 0.15) is 6.10 Å². The first kappa shape index (κ1) is 8.30. The van der Waals surface area contributed by atoms with Crippen LogP contribution in [0.3, 0.4) is 0 Å². The van der Waals surface area contributed by atoms with E-state index in [1.54, 1.807) is 6.92 Å². The number of hydrogen-bond donors (Lipinski definition) is 0. The van der Waals surface area contributed by atoms with Gasteiger partial charge >= 0.3 is 0 Å². The highest BCUT2D eigenvalue weighted by Gasteiger charge is 2.22. The summed E-state index contributed by atoms with van der Waals surface area (Å²) in [5.74, 6) is 0.827. The Hall–Kier alpha value is -0.800. The minimum Gasteiger partial charge on any atom is -0.311 e. The van der Waals surface area contributed by atoms with Crippen LogP contribution >= 0.6 is 0 Å². The number of nitrogens with zero attached hydrogens (tertiary/aromatic N) is 1. The first-order chi connectivity index (χ1) is 5.18. The van der Waals surface area contributed by atoms with Gasteiger partial charge in [-0.05, 0) is 25.7 Å². The first-order valence-corrected chi connectivity index (χ1v) is 3.99. The maximum atomic E-state index is 9.85. The van der Waals surface area contributed by atoms with Crippen LogP contribution < -0.4 is 0 Å². The summed E-state index contributed by atoms with van der Waals surface area (Å²) in [5.41, 5.74) is 0. The molecule has 1 aliphatic carbocycles. The Balaban J connectivity index is 1.99. The maximum absolute atomic E-state index is 9.85. The lowest BCUT2D eigenvalue weighted by molar-refractivity contribution is -0.767. The Morgan fingerprint density at radius 3 is 2.82 bits per heavy atom. The highest BCUT2D eigenvalue weighted by Crippen LogP contribution is 2.34.